The normalized spacial score (nSPS) is 11.4. The molecule has 0 aromatic heterocycles. The van der Waals surface area contributed by atoms with Crippen molar-refractivity contribution in [2.45, 2.75) is 27.2 Å². The average Bonchev–Trinajstić information content (AvgIpc) is 2.99. The highest BCUT2D eigenvalue weighted by Crippen LogP contribution is 2.37. The molecule has 0 radical (unpaired) electrons. The molecule has 0 amide bonds. The number of aryl methyl sites for hydroxylation is 3. The molecule has 0 aliphatic carbocycles. The zero-order valence-electron chi connectivity index (χ0n) is 23.7. The summed E-state index contributed by atoms with van der Waals surface area (Å²) in [6.07, 6.45) is 0.900. The van der Waals surface area contributed by atoms with Crippen molar-refractivity contribution in [3.8, 4) is 22.6 Å². The van der Waals surface area contributed by atoms with Gasteiger partial charge in [-0.25, -0.2) is 0 Å². The van der Waals surface area contributed by atoms with Gasteiger partial charge in [-0.2, -0.15) is 0 Å². The monoisotopic (exact) mass is 528 g/mol. The van der Waals surface area contributed by atoms with E-state index in [1.54, 1.807) is 0 Å². The van der Waals surface area contributed by atoms with Gasteiger partial charge in [0.25, 0.3) is 0 Å². The van der Waals surface area contributed by atoms with E-state index in [2.05, 4.69) is 148 Å². The van der Waals surface area contributed by atoms with Crippen LogP contribution in [0.25, 0.3) is 43.4 Å². The predicted octanol–water partition coefficient (Wildman–Crippen LogP) is 11.1. The van der Waals surface area contributed by atoms with Crippen LogP contribution in [-0.4, -0.2) is 0 Å². The molecule has 0 unspecified atom stereocenters. The topological polar surface area (TPSA) is 9.23 Å². The first-order valence-corrected chi connectivity index (χ1v) is 14.3. The summed E-state index contributed by atoms with van der Waals surface area (Å²) in [6.45, 7) is 6.55. The van der Waals surface area contributed by atoms with Crippen molar-refractivity contribution in [1.29, 1.82) is 0 Å². The smallest absolute Gasteiger partial charge is 0.128 e. The van der Waals surface area contributed by atoms with Crippen molar-refractivity contribution in [2.75, 3.05) is 0 Å². The van der Waals surface area contributed by atoms with Crippen molar-refractivity contribution in [2.24, 2.45) is 0 Å². The van der Waals surface area contributed by atoms with E-state index >= 15 is 0 Å². The van der Waals surface area contributed by atoms with E-state index in [0.29, 0.717) is 0 Å². The van der Waals surface area contributed by atoms with Gasteiger partial charge in [-0.1, -0.05) is 103 Å². The first-order chi connectivity index (χ1) is 20.0. The van der Waals surface area contributed by atoms with Crippen LogP contribution in [0.15, 0.2) is 127 Å². The Labute approximate surface area is 241 Å². The SMILES string of the molecule is Cc1ccc2ccc(-c3c(C)ccc4ccc(Oc5ccc6ccc(C)c(Cc7ccccc7)c6c5)cc34)cc2c1. The standard InChI is InChI=1S/C40H32O/c1-26-9-12-30-15-16-33(23-34(30)21-26)40-28(3)11-14-32-18-20-36(25-39(32)40)41-35-19-17-31-13-10-27(2)37(38(31)24-35)22-29-7-5-4-6-8-29/h4-21,23-25H,22H2,1-3H3. The van der Waals surface area contributed by atoms with Crippen LogP contribution in [0.2, 0.25) is 0 Å². The Balaban J connectivity index is 1.29. The Morgan fingerprint density at radius 3 is 1.90 bits per heavy atom. The third kappa shape index (κ3) is 4.85. The molecule has 7 aromatic carbocycles. The Bertz CT molecular complexity index is 2070. The molecule has 7 rings (SSSR count). The van der Waals surface area contributed by atoms with Gasteiger partial charge in [0.15, 0.2) is 0 Å². The fraction of sp³-hybridized carbons (Fsp3) is 0.100. The number of benzene rings is 7. The Hall–Kier alpha value is -4.88. The van der Waals surface area contributed by atoms with Crippen LogP contribution in [-0.2, 0) is 6.42 Å². The van der Waals surface area contributed by atoms with Crippen LogP contribution in [0, 0.1) is 20.8 Å². The second-order valence-corrected chi connectivity index (χ2v) is 11.2. The minimum Gasteiger partial charge on any atom is -0.457 e. The van der Waals surface area contributed by atoms with Gasteiger partial charge in [-0.15, -0.1) is 0 Å². The number of ether oxygens (including phenoxy) is 1. The van der Waals surface area contributed by atoms with E-state index in [-0.39, 0.29) is 0 Å². The minimum absolute atomic E-state index is 0.845. The Morgan fingerprint density at radius 2 is 1.12 bits per heavy atom. The molecule has 0 N–H and O–H groups in total. The molecule has 0 fully saturated rings. The molecule has 198 valence electrons. The van der Waals surface area contributed by atoms with E-state index in [9.17, 15) is 0 Å². The summed E-state index contributed by atoms with van der Waals surface area (Å²) in [6, 6.07) is 45.9. The lowest BCUT2D eigenvalue weighted by atomic mass is 9.92. The largest absolute Gasteiger partial charge is 0.457 e. The summed E-state index contributed by atoms with van der Waals surface area (Å²) in [5.74, 6) is 1.70. The van der Waals surface area contributed by atoms with Gasteiger partial charge in [0.1, 0.15) is 11.5 Å². The predicted molar refractivity (Wildman–Crippen MR) is 174 cm³/mol. The third-order valence-electron chi connectivity index (χ3n) is 8.28. The average molecular weight is 529 g/mol. The quantitative estimate of drug-likeness (QED) is 0.216. The zero-order valence-corrected chi connectivity index (χ0v) is 23.7. The highest BCUT2D eigenvalue weighted by atomic mass is 16.5. The van der Waals surface area contributed by atoms with Gasteiger partial charge in [0, 0.05) is 0 Å². The van der Waals surface area contributed by atoms with Crippen LogP contribution in [0.5, 0.6) is 11.5 Å². The first-order valence-electron chi connectivity index (χ1n) is 14.3. The molecule has 0 aliphatic rings. The summed E-state index contributed by atoms with van der Waals surface area (Å²) in [5.41, 5.74) is 8.99. The van der Waals surface area contributed by atoms with Crippen LogP contribution >= 0.6 is 0 Å². The van der Waals surface area contributed by atoms with Gasteiger partial charge >= 0.3 is 0 Å². The lowest BCUT2D eigenvalue weighted by Gasteiger charge is -2.15. The van der Waals surface area contributed by atoms with E-state index < -0.39 is 0 Å². The molecule has 1 nitrogen and oxygen atoms in total. The molecule has 0 atom stereocenters. The van der Waals surface area contributed by atoms with E-state index in [1.165, 1.54) is 71.3 Å². The molecule has 0 spiro atoms. The maximum atomic E-state index is 6.56. The Kier molecular flexibility index (Phi) is 6.29. The highest BCUT2D eigenvalue weighted by Gasteiger charge is 2.12. The maximum absolute atomic E-state index is 6.56. The van der Waals surface area contributed by atoms with Crippen molar-refractivity contribution in [3.05, 3.63) is 155 Å². The lowest BCUT2D eigenvalue weighted by Crippen LogP contribution is -1.94. The van der Waals surface area contributed by atoms with Crippen molar-refractivity contribution < 1.29 is 4.74 Å². The molecule has 41 heavy (non-hydrogen) atoms. The molecule has 0 saturated carbocycles. The van der Waals surface area contributed by atoms with E-state index in [4.69, 9.17) is 4.74 Å². The Morgan fingerprint density at radius 1 is 0.488 bits per heavy atom. The number of hydrogen-bond donors (Lipinski definition) is 0. The summed E-state index contributed by atoms with van der Waals surface area (Å²) in [7, 11) is 0. The number of fused-ring (bicyclic) bond motifs is 3. The zero-order chi connectivity index (χ0) is 27.9. The number of rotatable bonds is 5. The van der Waals surface area contributed by atoms with Crippen molar-refractivity contribution >= 4 is 32.3 Å². The van der Waals surface area contributed by atoms with E-state index in [0.717, 1.165) is 17.9 Å². The molecular weight excluding hydrogens is 496 g/mol. The molecular formula is C40H32O. The molecule has 7 aromatic rings. The lowest BCUT2D eigenvalue weighted by molar-refractivity contribution is 0.484. The van der Waals surface area contributed by atoms with Crippen molar-refractivity contribution in [1.82, 2.24) is 0 Å². The number of hydrogen-bond acceptors (Lipinski definition) is 1. The van der Waals surface area contributed by atoms with Crippen LogP contribution in [0.1, 0.15) is 27.8 Å². The molecule has 0 aliphatic heterocycles. The molecule has 1 heteroatoms. The molecule has 0 saturated heterocycles. The molecule has 0 bridgehead atoms. The fourth-order valence-electron chi connectivity index (χ4n) is 6.08. The van der Waals surface area contributed by atoms with Crippen LogP contribution < -0.4 is 4.74 Å². The first kappa shape index (κ1) is 25.1. The van der Waals surface area contributed by atoms with Gasteiger partial charge in [0.05, 0.1) is 0 Å². The second kappa shape index (κ2) is 10.3. The summed E-state index contributed by atoms with van der Waals surface area (Å²) in [5, 5.41) is 7.42. The van der Waals surface area contributed by atoms with Crippen LogP contribution in [0.4, 0.5) is 0 Å². The summed E-state index contributed by atoms with van der Waals surface area (Å²) >= 11 is 0. The van der Waals surface area contributed by atoms with E-state index in [1.807, 2.05) is 0 Å². The maximum Gasteiger partial charge on any atom is 0.128 e. The highest BCUT2D eigenvalue weighted by molar-refractivity contribution is 6.01. The molecule has 0 heterocycles. The van der Waals surface area contributed by atoms with Crippen LogP contribution in [0.3, 0.4) is 0 Å². The summed E-state index contributed by atoms with van der Waals surface area (Å²) in [4.78, 5) is 0. The second-order valence-electron chi connectivity index (χ2n) is 11.2. The van der Waals surface area contributed by atoms with Gasteiger partial charge < -0.3 is 4.74 Å². The van der Waals surface area contributed by atoms with Gasteiger partial charge in [0.2, 0.25) is 0 Å². The third-order valence-corrected chi connectivity index (χ3v) is 8.28. The van der Waals surface area contributed by atoms with Gasteiger partial charge in [-0.3, -0.25) is 0 Å². The van der Waals surface area contributed by atoms with Gasteiger partial charge in [-0.05, 0) is 123 Å². The fourth-order valence-corrected chi connectivity index (χ4v) is 6.08. The minimum atomic E-state index is 0.845. The van der Waals surface area contributed by atoms with Crippen molar-refractivity contribution in [3.63, 3.8) is 0 Å². The summed E-state index contributed by atoms with van der Waals surface area (Å²) < 4.78 is 6.56.